The van der Waals surface area contributed by atoms with Gasteiger partial charge in [-0.1, -0.05) is 23.2 Å². The highest BCUT2D eigenvalue weighted by atomic mass is 35.5. The van der Waals surface area contributed by atoms with Crippen molar-refractivity contribution in [2.45, 2.75) is 17.4 Å². The fourth-order valence-corrected chi connectivity index (χ4v) is 4.87. The highest BCUT2D eigenvalue weighted by Gasteiger charge is 2.27. The maximum atomic E-state index is 12.9. The number of nitrogens with one attached hydrogen (secondary N) is 2. The molecule has 164 valence electrons. The first-order valence-electron chi connectivity index (χ1n) is 8.85. The predicted molar refractivity (Wildman–Crippen MR) is 118 cm³/mol. The third-order valence-electron chi connectivity index (χ3n) is 3.89. The first-order chi connectivity index (χ1) is 14.2. The van der Waals surface area contributed by atoms with Crippen molar-refractivity contribution in [3.05, 3.63) is 58.3 Å². The molecule has 2 N–H and O–H groups in total. The van der Waals surface area contributed by atoms with Gasteiger partial charge in [0.05, 0.1) is 11.6 Å². The Hall–Kier alpha value is -1.52. The van der Waals surface area contributed by atoms with Crippen LogP contribution in [-0.2, 0) is 14.8 Å². The normalized spacial score (nSPS) is 12.4. The lowest BCUT2D eigenvalue weighted by Crippen LogP contribution is -2.47. The first kappa shape index (κ1) is 24.7. The van der Waals surface area contributed by atoms with Gasteiger partial charge in [0.25, 0.3) is 0 Å². The van der Waals surface area contributed by atoms with Crippen LogP contribution in [0.15, 0.2) is 47.4 Å². The molecule has 0 aliphatic carbocycles. The van der Waals surface area contributed by atoms with Crippen LogP contribution in [0.2, 0.25) is 10.0 Å². The number of carbonyl (C=O) groups is 1. The third kappa shape index (κ3) is 7.63. The van der Waals surface area contributed by atoms with Gasteiger partial charge in [0.15, 0.2) is 0 Å². The summed E-state index contributed by atoms with van der Waals surface area (Å²) in [5.74, 6) is 0.157. The molecular formula is C19H21Cl2FN2O4S2. The van der Waals surface area contributed by atoms with Crippen LogP contribution >= 0.6 is 35.0 Å². The molecule has 0 aromatic heterocycles. The van der Waals surface area contributed by atoms with Crippen LogP contribution in [0.3, 0.4) is 0 Å². The first-order valence-corrected chi connectivity index (χ1v) is 12.5. The van der Waals surface area contributed by atoms with E-state index in [2.05, 4.69) is 10.0 Å². The molecule has 1 atom stereocenters. The quantitative estimate of drug-likeness (QED) is 0.465. The average Bonchev–Trinajstić information content (AvgIpc) is 2.71. The maximum Gasteiger partial charge on any atom is 0.242 e. The number of carbonyl (C=O) groups excluding carboxylic acids is 1. The molecule has 11 heteroatoms. The highest BCUT2D eigenvalue weighted by Crippen LogP contribution is 2.25. The zero-order chi connectivity index (χ0) is 22.1. The Morgan fingerprint density at radius 3 is 2.57 bits per heavy atom. The Morgan fingerprint density at radius 2 is 1.90 bits per heavy atom. The Kier molecular flexibility index (Phi) is 9.70. The van der Waals surface area contributed by atoms with Gasteiger partial charge in [-0.05, 0) is 60.9 Å². The minimum Gasteiger partial charge on any atom is -0.492 e. The third-order valence-corrected chi connectivity index (χ3v) is 6.72. The van der Waals surface area contributed by atoms with Crippen molar-refractivity contribution in [2.24, 2.45) is 0 Å². The lowest BCUT2D eigenvalue weighted by molar-refractivity contribution is -0.122. The Labute approximate surface area is 189 Å². The molecule has 0 saturated heterocycles. The van der Waals surface area contributed by atoms with Gasteiger partial charge in [-0.15, -0.1) is 0 Å². The molecule has 0 bridgehead atoms. The number of hydrogen-bond acceptors (Lipinski definition) is 5. The zero-order valence-corrected chi connectivity index (χ0v) is 19.2. The molecular weight excluding hydrogens is 474 g/mol. The summed E-state index contributed by atoms with van der Waals surface area (Å²) in [6, 6.07) is 8.56. The number of amides is 1. The van der Waals surface area contributed by atoms with Crippen LogP contribution in [0, 0.1) is 5.82 Å². The molecule has 0 heterocycles. The van der Waals surface area contributed by atoms with E-state index in [9.17, 15) is 17.6 Å². The molecule has 2 rings (SSSR count). The van der Waals surface area contributed by atoms with Crippen molar-refractivity contribution >= 4 is 50.9 Å². The fourth-order valence-electron chi connectivity index (χ4n) is 2.41. The van der Waals surface area contributed by atoms with E-state index in [-0.39, 0.29) is 40.3 Å². The van der Waals surface area contributed by atoms with Gasteiger partial charge in [-0.2, -0.15) is 16.5 Å². The molecule has 0 fully saturated rings. The predicted octanol–water partition coefficient (Wildman–Crippen LogP) is 3.73. The molecule has 0 spiro atoms. The molecule has 0 aliphatic heterocycles. The minimum atomic E-state index is -4.07. The number of halogens is 3. The van der Waals surface area contributed by atoms with E-state index >= 15 is 0 Å². The van der Waals surface area contributed by atoms with Crippen LogP contribution in [0.1, 0.15) is 6.42 Å². The van der Waals surface area contributed by atoms with Crippen LogP contribution in [-0.4, -0.2) is 45.5 Å². The van der Waals surface area contributed by atoms with Crippen LogP contribution < -0.4 is 14.8 Å². The van der Waals surface area contributed by atoms with Crippen molar-refractivity contribution in [1.82, 2.24) is 10.0 Å². The number of benzene rings is 2. The van der Waals surface area contributed by atoms with Crippen LogP contribution in [0.25, 0.3) is 0 Å². The van der Waals surface area contributed by atoms with Crippen molar-refractivity contribution in [3.63, 3.8) is 0 Å². The standard InChI is InChI=1S/C19H21Cl2FN2O4S2/c1-29-11-8-17(24-30(26,27)18-12-13(20)2-7-16(18)21)19(25)23-9-10-28-15-5-3-14(22)4-6-15/h2-7,12,17,24H,8-11H2,1H3,(H,23,25). The minimum absolute atomic E-state index is 0.00335. The topological polar surface area (TPSA) is 84.5 Å². The number of hydrogen-bond donors (Lipinski definition) is 2. The second kappa shape index (κ2) is 11.8. The Balaban J connectivity index is 1.98. The molecule has 1 unspecified atom stereocenters. The van der Waals surface area contributed by atoms with E-state index in [0.717, 1.165) is 0 Å². The van der Waals surface area contributed by atoms with E-state index in [4.69, 9.17) is 27.9 Å². The van der Waals surface area contributed by atoms with Gasteiger partial charge < -0.3 is 10.1 Å². The summed E-state index contributed by atoms with van der Waals surface area (Å²) in [6.45, 7) is 0.283. The summed E-state index contributed by atoms with van der Waals surface area (Å²) in [4.78, 5) is 12.4. The van der Waals surface area contributed by atoms with Crippen molar-refractivity contribution < 1.29 is 22.3 Å². The van der Waals surface area contributed by atoms with Gasteiger partial charge in [0.1, 0.15) is 29.1 Å². The second-order valence-electron chi connectivity index (χ2n) is 6.12. The van der Waals surface area contributed by atoms with E-state index in [1.807, 2.05) is 6.26 Å². The van der Waals surface area contributed by atoms with E-state index in [0.29, 0.717) is 11.5 Å². The SMILES string of the molecule is CSCCC(NS(=O)(=O)c1cc(Cl)ccc1Cl)C(=O)NCCOc1ccc(F)cc1. The summed E-state index contributed by atoms with van der Waals surface area (Å²) in [7, 11) is -4.07. The molecule has 30 heavy (non-hydrogen) atoms. The van der Waals surface area contributed by atoms with Gasteiger partial charge in [-0.25, -0.2) is 12.8 Å². The van der Waals surface area contributed by atoms with Crippen molar-refractivity contribution in [1.29, 1.82) is 0 Å². The van der Waals surface area contributed by atoms with E-state index < -0.39 is 22.0 Å². The van der Waals surface area contributed by atoms with Crippen molar-refractivity contribution in [3.8, 4) is 5.75 Å². The molecule has 0 radical (unpaired) electrons. The molecule has 0 saturated carbocycles. The number of rotatable bonds is 11. The van der Waals surface area contributed by atoms with Gasteiger partial charge in [0.2, 0.25) is 15.9 Å². The Bertz CT molecular complexity index is 960. The van der Waals surface area contributed by atoms with Crippen LogP contribution in [0.5, 0.6) is 5.75 Å². The average molecular weight is 495 g/mol. The largest absolute Gasteiger partial charge is 0.492 e. The maximum absolute atomic E-state index is 12.9. The highest BCUT2D eigenvalue weighted by molar-refractivity contribution is 7.98. The van der Waals surface area contributed by atoms with E-state index in [1.165, 1.54) is 54.2 Å². The molecule has 6 nitrogen and oxygen atoms in total. The van der Waals surface area contributed by atoms with Crippen LogP contribution in [0.4, 0.5) is 4.39 Å². The number of thioether (sulfide) groups is 1. The smallest absolute Gasteiger partial charge is 0.242 e. The fraction of sp³-hybridized carbons (Fsp3) is 0.316. The summed E-state index contributed by atoms with van der Waals surface area (Å²) in [6.07, 6.45) is 2.14. The van der Waals surface area contributed by atoms with E-state index in [1.54, 1.807) is 0 Å². The molecule has 0 aliphatic rings. The van der Waals surface area contributed by atoms with Gasteiger partial charge in [-0.3, -0.25) is 4.79 Å². The number of sulfonamides is 1. The summed E-state index contributed by atoms with van der Waals surface area (Å²) >= 11 is 13.4. The summed E-state index contributed by atoms with van der Waals surface area (Å²) in [5, 5.41) is 2.85. The lowest BCUT2D eigenvalue weighted by Gasteiger charge is -2.19. The second-order valence-corrected chi connectivity index (χ2v) is 9.64. The Morgan fingerprint density at radius 1 is 1.20 bits per heavy atom. The van der Waals surface area contributed by atoms with Gasteiger partial charge >= 0.3 is 0 Å². The van der Waals surface area contributed by atoms with Gasteiger partial charge in [0, 0.05) is 5.02 Å². The zero-order valence-electron chi connectivity index (χ0n) is 16.0. The summed E-state index contributed by atoms with van der Waals surface area (Å²) < 4.78 is 46.2. The number of ether oxygens (including phenoxy) is 1. The monoisotopic (exact) mass is 494 g/mol. The van der Waals surface area contributed by atoms with Crippen molar-refractivity contribution in [2.75, 3.05) is 25.2 Å². The molecule has 2 aromatic carbocycles. The molecule has 2 aromatic rings. The lowest BCUT2D eigenvalue weighted by atomic mass is 10.2. The molecule has 1 amide bonds. The summed E-state index contributed by atoms with van der Waals surface area (Å²) in [5.41, 5.74) is 0.